The van der Waals surface area contributed by atoms with Crippen molar-refractivity contribution in [2.24, 2.45) is 0 Å². The van der Waals surface area contributed by atoms with Gasteiger partial charge in [0, 0.05) is 6.04 Å². The van der Waals surface area contributed by atoms with Gasteiger partial charge in [-0.25, -0.2) is 4.79 Å². The van der Waals surface area contributed by atoms with Crippen molar-refractivity contribution in [3.63, 3.8) is 0 Å². The van der Waals surface area contributed by atoms with Crippen LogP contribution < -0.4 is 0 Å². The Balaban J connectivity index is 1.81. The molecule has 132 valence electrons. The van der Waals surface area contributed by atoms with Gasteiger partial charge in [0.05, 0.1) is 18.5 Å². The predicted octanol–water partition coefficient (Wildman–Crippen LogP) is 4.70. The molecule has 2 unspecified atom stereocenters. The van der Waals surface area contributed by atoms with E-state index in [1.807, 2.05) is 37.8 Å². The third-order valence-corrected chi connectivity index (χ3v) is 4.85. The van der Waals surface area contributed by atoms with Crippen LogP contribution in [0.5, 0.6) is 0 Å². The Labute approximate surface area is 150 Å². The number of rotatable bonds is 2. The fraction of sp³-hybridized carbons (Fsp3) is 0.524. The minimum atomic E-state index is -0.466. The highest BCUT2D eigenvalue weighted by Gasteiger charge is 2.39. The van der Waals surface area contributed by atoms with Crippen LogP contribution >= 0.6 is 0 Å². The van der Waals surface area contributed by atoms with Crippen molar-refractivity contribution in [3.05, 3.63) is 41.5 Å². The van der Waals surface area contributed by atoms with Crippen LogP contribution in [0.1, 0.15) is 57.6 Å². The molecule has 0 radical (unpaired) electrons. The van der Waals surface area contributed by atoms with Crippen LogP contribution in [0.25, 0.3) is 5.57 Å². The summed E-state index contributed by atoms with van der Waals surface area (Å²) in [5.41, 5.74) is 3.07. The normalized spacial score (nSPS) is 22.8. The molecule has 1 aromatic carbocycles. The Morgan fingerprint density at radius 3 is 2.60 bits per heavy atom. The van der Waals surface area contributed by atoms with Crippen LogP contribution in [-0.2, 0) is 11.2 Å². The van der Waals surface area contributed by atoms with Crippen LogP contribution in [0.2, 0.25) is 0 Å². The molecule has 1 amide bonds. The molecule has 2 aliphatic rings. The number of nitriles is 1. The number of ether oxygens (including phenoxy) is 1. The Hall–Kier alpha value is -2.28. The fourth-order valence-electron chi connectivity index (χ4n) is 3.77. The molecular formula is C21H26N2O2. The molecule has 2 heterocycles. The van der Waals surface area contributed by atoms with Crippen LogP contribution in [-0.4, -0.2) is 28.7 Å². The van der Waals surface area contributed by atoms with Gasteiger partial charge in [-0.3, -0.25) is 4.90 Å². The molecule has 0 spiro atoms. The summed E-state index contributed by atoms with van der Waals surface area (Å²) in [7, 11) is 0. The maximum Gasteiger partial charge on any atom is 0.411 e. The van der Waals surface area contributed by atoms with E-state index >= 15 is 0 Å². The Morgan fingerprint density at radius 2 is 2.00 bits per heavy atom. The van der Waals surface area contributed by atoms with Gasteiger partial charge in [0.1, 0.15) is 5.60 Å². The van der Waals surface area contributed by atoms with Gasteiger partial charge >= 0.3 is 6.09 Å². The quantitative estimate of drug-likeness (QED) is 0.785. The second-order valence-corrected chi connectivity index (χ2v) is 7.97. The van der Waals surface area contributed by atoms with Gasteiger partial charge in [0.15, 0.2) is 0 Å². The second kappa shape index (κ2) is 6.92. The summed E-state index contributed by atoms with van der Waals surface area (Å²) >= 11 is 0. The monoisotopic (exact) mass is 338 g/mol. The SMILES string of the molecule is CC(C)(C)OC(=O)N1C2C=C(c3ccc(CC#N)cc3)CC1CCC2. The summed E-state index contributed by atoms with van der Waals surface area (Å²) in [5, 5.41) is 8.80. The minimum absolute atomic E-state index is 0.121. The van der Waals surface area contributed by atoms with Gasteiger partial charge in [-0.15, -0.1) is 0 Å². The summed E-state index contributed by atoms with van der Waals surface area (Å²) < 4.78 is 5.62. The lowest BCUT2D eigenvalue weighted by atomic mass is 9.83. The highest BCUT2D eigenvalue weighted by molar-refractivity contribution is 5.74. The summed E-state index contributed by atoms with van der Waals surface area (Å²) in [5.74, 6) is 0. The number of benzene rings is 1. The van der Waals surface area contributed by atoms with Crippen LogP contribution in [0, 0.1) is 11.3 Å². The summed E-state index contributed by atoms with van der Waals surface area (Å²) in [6.45, 7) is 5.73. The first-order valence-electron chi connectivity index (χ1n) is 9.05. The minimum Gasteiger partial charge on any atom is -0.444 e. The van der Waals surface area contributed by atoms with Crippen molar-refractivity contribution < 1.29 is 9.53 Å². The second-order valence-electron chi connectivity index (χ2n) is 7.97. The number of nitrogens with zero attached hydrogens (tertiary/aromatic N) is 2. The zero-order valence-corrected chi connectivity index (χ0v) is 15.3. The van der Waals surface area contributed by atoms with E-state index in [1.54, 1.807) is 0 Å². The molecule has 0 aliphatic carbocycles. The number of piperidine rings is 1. The number of amides is 1. The first kappa shape index (κ1) is 17.5. The van der Waals surface area contributed by atoms with Gasteiger partial charge in [0.2, 0.25) is 0 Å². The van der Waals surface area contributed by atoms with E-state index in [-0.39, 0.29) is 18.2 Å². The lowest BCUT2D eigenvalue weighted by Gasteiger charge is -2.45. The van der Waals surface area contributed by atoms with Crippen molar-refractivity contribution in [1.82, 2.24) is 4.90 Å². The van der Waals surface area contributed by atoms with E-state index in [1.165, 1.54) is 11.1 Å². The molecule has 3 rings (SSSR count). The topological polar surface area (TPSA) is 53.3 Å². The smallest absolute Gasteiger partial charge is 0.411 e. The lowest BCUT2D eigenvalue weighted by molar-refractivity contribution is 0.0000858. The number of carbonyl (C=O) groups is 1. The highest BCUT2D eigenvalue weighted by Crippen LogP contribution is 2.38. The molecule has 1 saturated heterocycles. The highest BCUT2D eigenvalue weighted by atomic mass is 16.6. The molecule has 25 heavy (non-hydrogen) atoms. The zero-order chi connectivity index (χ0) is 18.0. The van der Waals surface area contributed by atoms with E-state index in [2.05, 4.69) is 24.3 Å². The number of fused-ring (bicyclic) bond motifs is 2. The number of hydrogen-bond donors (Lipinski definition) is 0. The van der Waals surface area contributed by atoms with E-state index in [0.29, 0.717) is 6.42 Å². The molecule has 0 N–H and O–H groups in total. The van der Waals surface area contributed by atoms with Crippen molar-refractivity contribution in [3.8, 4) is 6.07 Å². The molecule has 0 saturated carbocycles. The third kappa shape index (κ3) is 4.04. The van der Waals surface area contributed by atoms with Crippen molar-refractivity contribution >= 4 is 11.7 Å². The van der Waals surface area contributed by atoms with Crippen LogP contribution in [0.4, 0.5) is 4.79 Å². The average molecular weight is 338 g/mol. The third-order valence-electron chi connectivity index (χ3n) is 4.85. The van der Waals surface area contributed by atoms with Crippen LogP contribution in [0.15, 0.2) is 30.3 Å². The first-order valence-corrected chi connectivity index (χ1v) is 9.05. The molecule has 1 aromatic rings. The van der Waals surface area contributed by atoms with Crippen molar-refractivity contribution in [2.45, 2.75) is 70.6 Å². The average Bonchev–Trinajstić information content (AvgIpc) is 2.53. The maximum atomic E-state index is 12.6. The van der Waals surface area contributed by atoms with E-state index < -0.39 is 5.60 Å². The molecule has 2 bridgehead atoms. The maximum absolute atomic E-state index is 12.6. The van der Waals surface area contributed by atoms with Crippen LogP contribution in [0.3, 0.4) is 0 Å². The van der Waals surface area contributed by atoms with Gasteiger partial charge in [0.25, 0.3) is 0 Å². The van der Waals surface area contributed by atoms with Crippen molar-refractivity contribution in [2.75, 3.05) is 0 Å². The Morgan fingerprint density at radius 1 is 1.28 bits per heavy atom. The Bertz CT molecular complexity index is 707. The molecule has 4 nitrogen and oxygen atoms in total. The van der Waals surface area contributed by atoms with E-state index in [9.17, 15) is 4.79 Å². The van der Waals surface area contributed by atoms with E-state index in [4.69, 9.17) is 10.00 Å². The van der Waals surface area contributed by atoms with Crippen molar-refractivity contribution in [1.29, 1.82) is 5.26 Å². The summed E-state index contributed by atoms with van der Waals surface area (Å²) in [6.07, 6.45) is 6.52. The predicted molar refractivity (Wildman–Crippen MR) is 97.9 cm³/mol. The van der Waals surface area contributed by atoms with Gasteiger partial charge in [-0.05, 0) is 63.2 Å². The molecule has 1 fully saturated rings. The van der Waals surface area contributed by atoms with Gasteiger partial charge in [-0.2, -0.15) is 5.26 Å². The molecule has 2 aliphatic heterocycles. The molecular weight excluding hydrogens is 312 g/mol. The molecule has 0 aromatic heterocycles. The number of carbonyl (C=O) groups excluding carboxylic acids is 1. The largest absolute Gasteiger partial charge is 0.444 e. The lowest BCUT2D eigenvalue weighted by Crippen LogP contribution is -2.53. The zero-order valence-electron chi connectivity index (χ0n) is 15.3. The number of hydrogen-bond acceptors (Lipinski definition) is 3. The summed E-state index contributed by atoms with van der Waals surface area (Å²) in [6, 6.07) is 10.8. The fourth-order valence-corrected chi connectivity index (χ4v) is 3.77. The first-order chi connectivity index (χ1) is 11.9. The van der Waals surface area contributed by atoms with E-state index in [0.717, 1.165) is 31.2 Å². The Kier molecular flexibility index (Phi) is 4.85. The van der Waals surface area contributed by atoms with Gasteiger partial charge in [-0.1, -0.05) is 30.3 Å². The molecule has 2 atom stereocenters. The van der Waals surface area contributed by atoms with Gasteiger partial charge < -0.3 is 4.74 Å². The molecule has 4 heteroatoms. The standard InChI is InChI=1S/C21H26N2O2/c1-21(2,3)25-20(24)23-18-5-4-6-19(23)14-17(13-18)16-9-7-15(8-10-16)11-12-22/h7-10,13,18-19H,4-6,11,14H2,1-3H3. The summed E-state index contributed by atoms with van der Waals surface area (Å²) in [4.78, 5) is 14.6.